The van der Waals surface area contributed by atoms with Gasteiger partial charge in [-0.25, -0.2) is 18.0 Å². The number of hydrogen-bond acceptors (Lipinski definition) is 5. The number of amides is 3. The van der Waals surface area contributed by atoms with Crippen LogP contribution in [-0.4, -0.2) is 51.9 Å². The first-order valence-corrected chi connectivity index (χ1v) is 10.9. The van der Waals surface area contributed by atoms with Gasteiger partial charge < -0.3 is 15.0 Å². The molecule has 29 heavy (non-hydrogen) atoms. The molecule has 1 aliphatic heterocycles. The molecule has 0 radical (unpaired) electrons. The van der Waals surface area contributed by atoms with E-state index in [2.05, 4.69) is 5.32 Å². The molecule has 0 spiro atoms. The monoisotopic (exact) mass is 417 g/mol. The highest BCUT2D eigenvalue weighted by molar-refractivity contribution is 7.90. The van der Waals surface area contributed by atoms with Crippen molar-refractivity contribution in [2.45, 2.75) is 17.9 Å². The number of sulfone groups is 1. The van der Waals surface area contributed by atoms with Crippen molar-refractivity contribution in [3.8, 4) is 0 Å². The predicted octanol–water partition coefficient (Wildman–Crippen LogP) is 3.27. The van der Waals surface area contributed by atoms with Gasteiger partial charge in [0.2, 0.25) is 0 Å². The van der Waals surface area contributed by atoms with Crippen LogP contribution in [0, 0.1) is 0 Å². The summed E-state index contributed by atoms with van der Waals surface area (Å²) in [6.07, 6.45) is 0.748. The van der Waals surface area contributed by atoms with Crippen molar-refractivity contribution < 1.29 is 22.7 Å². The van der Waals surface area contributed by atoms with E-state index in [0.717, 1.165) is 11.8 Å². The number of urea groups is 1. The zero-order valence-electron chi connectivity index (χ0n) is 16.5. The minimum absolute atomic E-state index is 0.234. The van der Waals surface area contributed by atoms with Gasteiger partial charge in [0, 0.05) is 24.7 Å². The maximum atomic E-state index is 12.7. The molecule has 1 unspecified atom stereocenters. The van der Waals surface area contributed by atoms with Crippen molar-refractivity contribution in [3.05, 3.63) is 54.1 Å². The first kappa shape index (κ1) is 20.7. The summed E-state index contributed by atoms with van der Waals surface area (Å²) in [4.78, 5) is 27.6. The Labute approximate surface area is 170 Å². The molecule has 1 saturated heterocycles. The van der Waals surface area contributed by atoms with Crippen LogP contribution in [0.5, 0.6) is 0 Å². The lowest BCUT2D eigenvalue weighted by atomic mass is 10.1. The van der Waals surface area contributed by atoms with Gasteiger partial charge in [-0.15, -0.1) is 0 Å². The molecule has 2 aromatic carbocycles. The third-order valence-electron chi connectivity index (χ3n) is 4.86. The van der Waals surface area contributed by atoms with E-state index in [0.29, 0.717) is 24.5 Å². The summed E-state index contributed by atoms with van der Waals surface area (Å²) in [7, 11) is -1.61. The molecule has 154 valence electrons. The van der Waals surface area contributed by atoms with E-state index in [1.807, 2.05) is 6.92 Å². The van der Waals surface area contributed by atoms with E-state index in [9.17, 15) is 18.0 Å². The average Bonchev–Trinajstić information content (AvgIpc) is 3.12. The second-order valence-corrected chi connectivity index (χ2v) is 8.89. The second-order valence-electron chi connectivity index (χ2n) is 6.87. The van der Waals surface area contributed by atoms with Gasteiger partial charge in [0.05, 0.1) is 17.5 Å². The number of ether oxygens (including phenoxy) is 1. The fourth-order valence-electron chi connectivity index (χ4n) is 2.98. The first-order chi connectivity index (χ1) is 13.7. The highest BCUT2D eigenvalue weighted by Crippen LogP contribution is 2.24. The topological polar surface area (TPSA) is 96.0 Å². The van der Waals surface area contributed by atoms with Crippen LogP contribution in [-0.2, 0) is 14.6 Å². The fraction of sp³-hybridized carbons (Fsp3) is 0.300. The van der Waals surface area contributed by atoms with E-state index in [1.165, 1.54) is 21.9 Å². The van der Waals surface area contributed by atoms with Gasteiger partial charge in [-0.3, -0.25) is 4.90 Å². The number of rotatable bonds is 5. The highest BCUT2D eigenvalue weighted by Gasteiger charge is 2.24. The molecule has 1 N–H and O–H groups in total. The standard InChI is InChI=1S/C20H23N3O5S/c1-14(15-7-9-18(10-8-15)29(3,26)27)22(2)19(24)21-16-5-4-6-17(13-16)23-11-12-28-20(23)25/h4-10,13-14H,11-12H2,1-3H3,(H,21,24). The Morgan fingerprint density at radius 2 is 1.90 bits per heavy atom. The van der Waals surface area contributed by atoms with Crippen molar-refractivity contribution >= 4 is 33.3 Å². The molecule has 1 heterocycles. The Kier molecular flexibility index (Phi) is 5.78. The Balaban J connectivity index is 1.69. The van der Waals surface area contributed by atoms with E-state index in [4.69, 9.17) is 4.74 Å². The van der Waals surface area contributed by atoms with Crippen molar-refractivity contribution in [3.63, 3.8) is 0 Å². The van der Waals surface area contributed by atoms with Crippen LogP contribution in [0.2, 0.25) is 0 Å². The van der Waals surface area contributed by atoms with Crippen molar-refractivity contribution in [2.24, 2.45) is 0 Å². The summed E-state index contributed by atoms with van der Waals surface area (Å²) in [5.74, 6) is 0. The third-order valence-corrected chi connectivity index (χ3v) is 5.99. The Hall–Kier alpha value is -3.07. The Morgan fingerprint density at radius 3 is 2.48 bits per heavy atom. The van der Waals surface area contributed by atoms with Crippen LogP contribution in [0.1, 0.15) is 18.5 Å². The van der Waals surface area contributed by atoms with Crippen LogP contribution >= 0.6 is 0 Å². The summed E-state index contributed by atoms with van der Waals surface area (Å²) >= 11 is 0. The van der Waals surface area contributed by atoms with Crippen LogP contribution in [0.3, 0.4) is 0 Å². The summed E-state index contributed by atoms with van der Waals surface area (Å²) in [5.41, 5.74) is 2.01. The molecule has 9 heteroatoms. The number of cyclic esters (lactones) is 1. The summed E-state index contributed by atoms with van der Waals surface area (Å²) in [6.45, 7) is 2.66. The molecule has 0 bridgehead atoms. The number of benzene rings is 2. The van der Waals surface area contributed by atoms with Crippen LogP contribution < -0.4 is 10.2 Å². The molecule has 2 aromatic rings. The molecule has 1 atom stereocenters. The zero-order chi connectivity index (χ0) is 21.2. The normalized spacial score (nSPS) is 15.0. The minimum Gasteiger partial charge on any atom is -0.447 e. The van der Waals surface area contributed by atoms with E-state index >= 15 is 0 Å². The first-order valence-electron chi connectivity index (χ1n) is 9.05. The van der Waals surface area contributed by atoms with Crippen molar-refractivity contribution in [1.82, 2.24) is 4.90 Å². The molecule has 3 amide bonds. The lowest BCUT2D eigenvalue weighted by Gasteiger charge is -2.26. The molecule has 0 aromatic heterocycles. The molecule has 0 aliphatic carbocycles. The predicted molar refractivity (Wildman–Crippen MR) is 110 cm³/mol. The number of nitrogens with zero attached hydrogens (tertiary/aromatic N) is 2. The van der Waals surface area contributed by atoms with Gasteiger partial charge in [-0.05, 0) is 42.8 Å². The van der Waals surface area contributed by atoms with Crippen LogP contribution in [0.4, 0.5) is 21.0 Å². The quantitative estimate of drug-likeness (QED) is 0.805. The van der Waals surface area contributed by atoms with Gasteiger partial charge in [-0.1, -0.05) is 18.2 Å². The third kappa shape index (κ3) is 4.68. The number of nitrogens with one attached hydrogen (secondary N) is 1. The van der Waals surface area contributed by atoms with E-state index in [1.54, 1.807) is 43.4 Å². The zero-order valence-corrected chi connectivity index (χ0v) is 17.3. The lowest BCUT2D eigenvalue weighted by molar-refractivity contribution is 0.181. The van der Waals surface area contributed by atoms with Crippen LogP contribution in [0.25, 0.3) is 0 Å². The molecule has 8 nitrogen and oxygen atoms in total. The molecule has 3 rings (SSSR count). The second kappa shape index (κ2) is 8.12. The molecular weight excluding hydrogens is 394 g/mol. The molecular formula is C20H23N3O5S. The summed E-state index contributed by atoms with van der Waals surface area (Å²) in [6, 6.07) is 12.8. The molecule has 1 fully saturated rings. The highest BCUT2D eigenvalue weighted by atomic mass is 32.2. The maximum absolute atomic E-state index is 12.7. The largest absolute Gasteiger partial charge is 0.447 e. The Morgan fingerprint density at radius 1 is 1.21 bits per heavy atom. The number of carbonyl (C=O) groups excluding carboxylic acids is 2. The fourth-order valence-corrected chi connectivity index (χ4v) is 3.61. The number of hydrogen-bond donors (Lipinski definition) is 1. The SMILES string of the molecule is CC(c1ccc(S(C)(=O)=O)cc1)N(C)C(=O)Nc1cccc(N2CCOC2=O)c1. The van der Waals surface area contributed by atoms with Crippen molar-refractivity contribution in [1.29, 1.82) is 0 Å². The molecule has 0 saturated carbocycles. The van der Waals surface area contributed by atoms with Crippen LogP contribution in [0.15, 0.2) is 53.4 Å². The van der Waals surface area contributed by atoms with Gasteiger partial charge >= 0.3 is 12.1 Å². The summed E-state index contributed by atoms with van der Waals surface area (Å²) in [5, 5.41) is 2.82. The lowest BCUT2D eigenvalue weighted by Crippen LogP contribution is -2.33. The van der Waals surface area contributed by atoms with E-state index in [-0.39, 0.29) is 17.0 Å². The number of anilines is 2. The maximum Gasteiger partial charge on any atom is 0.414 e. The molecule has 1 aliphatic rings. The van der Waals surface area contributed by atoms with Gasteiger partial charge in [0.1, 0.15) is 6.61 Å². The Bertz CT molecular complexity index is 1020. The van der Waals surface area contributed by atoms with E-state index < -0.39 is 15.9 Å². The average molecular weight is 417 g/mol. The van der Waals surface area contributed by atoms with Gasteiger partial charge in [-0.2, -0.15) is 0 Å². The number of carbonyl (C=O) groups is 2. The van der Waals surface area contributed by atoms with Crippen molar-refractivity contribution in [2.75, 3.05) is 36.7 Å². The smallest absolute Gasteiger partial charge is 0.414 e. The summed E-state index contributed by atoms with van der Waals surface area (Å²) < 4.78 is 28.1. The minimum atomic E-state index is -3.27. The van der Waals surface area contributed by atoms with Gasteiger partial charge in [0.25, 0.3) is 0 Å². The van der Waals surface area contributed by atoms with Gasteiger partial charge in [0.15, 0.2) is 9.84 Å².